The summed E-state index contributed by atoms with van der Waals surface area (Å²) in [5.41, 5.74) is 5.72. The van der Waals surface area contributed by atoms with E-state index in [-0.39, 0.29) is 17.1 Å². The van der Waals surface area contributed by atoms with E-state index in [2.05, 4.69) is 10.2 Å². The summed E-state index contributed by atoms with van der Waals surface area (Å²) in [6, 6.07) is 1.83. The fourth-order valence-corrected chi connectivity index (χ4v) is 1.83. The normalized spacial score (nSPS) is 32.6. The van der Waals surface area contributed by atoms with Gasteiger partial charge in [-0.1, -0.05) is 0 Å². The maximum Gasteiger partial charge on any atom is 0.163 e. The SMILES string of the molecule is N#Cc1c(N)n[nH]c1[C@H]1O[C@@H](CO)[C@H](O)[C@@H]1O. The van der Waals surface area contributed by atoms with Crippen molar-refractivity contribution in [2.24, 2.45) is 0 Å². The van der Waals surface area contributed by atoms with Gasteiger partial charge in [0.2, 0.25) is 0 Å². The third-order valence-electron chi connectivity index (χ3n) is 2.76. The van der Waals surface area contributed by atoms with E-state index in [0.29, 0.717) is 0 Å². The number of H-pyrrole nitrogens is 1. The first-order chi connectivity index (χ1) is 8.10. The van der Waals surface area contributed by atoms with Gasteiger partial charge in [-0.3, -0.25) is 5.10 Å². The number of nitrogens with two attached hydrogens (primary N) is 1. The molecule has 1 aliphatic heterocycles. The summed E-state index contributed by atoms with van der Waals surface area (Å²) in [5.74, 6) is 0.000221. The Morgan fingerprint density at radius 3 is 2.71 bits per heavy atom. The van der Waals surface area contributed by atoms with Crippen molar-refractivity contribution in [1.29, 1.82) is 5.26 Å². The molecule has 8 nitrogen and oxygen atoms in total. The zero-order valence-corrected chi connectivity index (χ0v) is 8.74. The van der Waals surface area contributed by atoms with Crippen LogP contribution in [0.5, 0.6) is 0 Å². The molecule has 1 aromatic rings. The van der Waals surface area contributed by atoms with Crippen LogP contribution in [0.25, 0.3) is 0 Å². The number of aromatic amines is 1. The highest BCUT2D eigenvalue weighted by Crippen LogP contribution is 2.34. The first-order valence-corrected chi connectivity index (χ1v) is 4.96. The molecule has 0 radical (unpaired) electrons. The van der Waals surface area contributed by atoms with Crippen molar-refractivity contribution < 1.29 is 20.1 Å². The topological polar surface area (TPSA) is 148 Å². The molecule has 1 fully saturated rings. The lowest BCUT2D eigenvalue weighted by Gasteiger charge is -2.12. The van der Waals surface area contributed by atoms with E-state index < -0.39 is 31.0 Å². The minimum atomic E-state index is -1.25. The Kier molecular flexibility index (Phi) is 2.99. The molecule has 0 saturated carbocycles. The number of aliphatic hydroxyl groups excluding tert-OH is 3. The van der Waals surface area contributed by atoms with E-state index in [9.17, 15) is 10.2 Å². The van der Waals surface area contributed by atoms with Crippen molar-refractivity contribution in [2.75, 3.05) is 12.3 Å². The Labute approximate surface area is 96.2 Å². The summed E-state index contributed by atoms with van der Waals surface area (Å²) in [7, 11) is 0. The van der Waals surface area contributed by atoms with E-state index in [1.54, 1.807) is 0 Å². The molecule has 6 N–H and O–H groups in total. The quantitative estimate of drug-likeness (QED) is 0.402. The second-order valence-electron chi connectivity index (χ2n) is 3.77. The molecule has 92 valence electrons. The van der Waals surface area contributed by atoms with Crippen LogP contribution in [0, 0.1) is 11.3 Å². The number of hydrogen-bond acceptors (Lipinski definition) is 7. The molecule has 0 spiro atoms. The zero-order chi connectivity index (χ0) is 12.6. The van der Waals surface area contributed by atoms with Gasteiger partial charge < -0.3 is 25.8 Å². The predicted octanol–water partition coefficient (Wildman–Crippen LogP) is -1.98. The number of rotatable bonds is 2. The minimum absolute atomic E-state index is 0.000221. The van der Waals surface area contributed by atoms with Crippen LogP contribution in [0.2, 0.25) is 0 Å². The van der Waals surface area contributed by atoms with Gasteiger partial charge in [0.15, 0.2) is 5.82 Å². The summed E-state index contributed by atoms with van der Waals surface area (Å²) in [5, 5.41) is 43.3. The van der Waals surface area contributed by atoms with Crippen molar-refractivity contribution in [3.05, 3.63) is 11.3 Å². The standard InChI is InChI=1S/C9H12N4O4/c10-1-3-5(12-13-9(3)11)8-7(16)6(15)4(2-14)17-8/h4,6-8,14-16H,2H2,(H3,11,12,13)/t4-,6-,7-,8+/m0/s1. The molecule has 1 saturated heterocycles. The average Bonchev–Trinajstić information content (AvgIpc) is 2.82. The minimum Gasteiger partial charge on any atom is -0.394 e. The third-order valence-corrected chi connectivity index (χ3v) is 2.76. The van der Waals surface area contributed by atoms with Crippen molar-refractivity contribution >= 4 is 5.82 Å². The van der Waals surface area contributed by atoms with Gasteiger partial charge >= 0.3 is 0 Å². The largest absolute Gasteiger partial charge is 0.394 e. The van der Waals surface area contributed by atoms with Crippen LogP contribution in [-0.2, 0) is 4.74 Å². The van der Waals surface area contributed by atoms with E-state index in [0.717, 1.165) is 0 Å². The van der Waals surface area contributed by atoms with Crippen molar-refractivity contribution in [3.8, 4) is 6.07 Å². The summed E-state index contributed by atoms with van der Waals surface area (Å²) in [6.45, 7) is -0.430. The number of ether oxygens (including phenoxy) is 1. The second kappa shape index (κ2) is 4.31. The van der Waals surface area contributed by atoms with Crippen LogP contribution in [0.1, 0.15) is 17.4 Å². The van der Waals surface area contributed by atoms with Gasteiger partial charge in [0.25, 0.3) is 0 Å². The van der Waals surface area contributed by atoms with E-state index in [1.807, 2.05) is 6.07 Å². The molecule has 0 aromatic carbocycles. The molecule has 17 heavy (non-hydrogen) atoms. The lowest BCUT2D eigenvalue weighted by Crippen LogP contribution is -2.32. The van der Waals surface area contributed by atoms with Crippen LogP contribution < -0.4 is 5.73 Å². The number of nitrogen functional groups attached to an aromatic ring is 1. The first-order valence-electron chi connectivity index (χ1n) is 4.96. The molecule has 2 rings (SSSR count). The lowest BCUT2D eigenvalue weighted by atomic mass is 10.0. The molecule has 1 aromatic heterocycles. The number of nitriles is 1. The molecule has 2 heterocycles. The molecule has 0 amide bonds. The molecule has 0 bridgehead atoms. The van der Waals surface area contributed by atoms with Gasteiger partial charge in [-0.15, -0.1) is 0 Å². The van der Waals surface area contributed by atoms with Crippen molar-refractivity contribution in [3.63, 3.8) is 0 Å². The van der Waals surface area contributed by atoms with Gasteiger partial charge in [0.05, 0.1) is 12.3 Å². The zero-order valence-electron chi connectivity index (χ0n) is 8.74. The summed E-state index contributed by atoms with van der Waals surface area (Å²) >= 11 is 0. The number of nitrogens with zero attached hydrogens (tertiary/aromatic N) is 2. The molecular weight excluding hydrogens is 228 g/mol. The maximum absolute atomic E-state index is 9.76. The Bertz CT molecular complexity index is 454. The molecule has 8 heteroatoms. The molecule has 4 atom stereocenters. The lowest BCUT2D eigenvalue weighted by molar-refractivity contribution is -0.0240. The first kappa shape index (κ1) is 11.8. The third kappa shape index (κ3) is 1.75. The van der Waals surface area contributed by atoms with Gasteiger partial charge in [-0.2, -0.15) is 10.4 Å². The summed E-state index contributed by atoms with van der Waals surface area (Å²) in [4.78, 5) is 0. The van der Waals surface area contributed by atoms with Crippen LogP contribution in [0.4, 0.5) is 5.82 Å². The second-order valence-corrected chi connectivity index (χ2v) is 3.77. The molecule has 1 aliphatic rings. The van der Waals surface area contributed by atoms with Crippen molar-refractivity contribution in [2.45, 2.75) is 24.4 Å². The maximum atomic E-state index is 9.76. The average molecular weight is 240 g/mol. The highest BCUT2D eigenvalue weighted by Gasteiger charge is 2.44. The van der Waals surface area contributed by atoms with Crippen LogP contribution in [-0.4, -0.2) is 50.4 Å². The Balaban J connectivity index is 2.33. The van der Waals surface area contributed by atoms with Gasteiger partial charge in [0.1, 0.15) is 36.0 Å². The van der Waals surface area contributed by atoms with Crippen LogP contribution in [0.15, 0.2) is 0 Å². The number of aromatic nitrogens is 2. The van der Waals surface area contributed by atoms with Gasteiger partial charge in [-0.25, -0.2) is 0 Å². The highest BCUT2D eigenvalue weighted by atomic mass is 16.6. The Morgan fingerprint density at radius 2 is 2.18 bits per heavy atom. The number of aliphatic hydroxyl groups is 3. The van der Waals surface area contributed by atoms with E-state index in [4.69, 9.17) is 20.8 Å². The molecule has 0 unspecified atom stereocenters. The van der Waals surface area contributed by atoms with Gasteiger partial charge in [0, 0.05) is 0 Å². The Morgan fingerprint density at radius 1 is 1.47 bits per heavy atom. The van der Waals surface area contributed by atoms with Crippen molar-refractivity contribution in [1.82, 2.24) is 10.2 Å². The van der Waals surface area contributed by atoms with E-state index >= 15 is 0 Å². The fourth-order valence-electron chi connectivity index (χ4n) is 1.83. The number of nitrogens with one attached hydrogen (secondary N) is 1. The smallest absolute Gasteiger partial charge is 0.163 e. The molecule has 0 aliphatic carbocycles. The Hall–Kier alpha value is -1.66. The number of hydrogen-bond donors (Lipinski definition) is 5. The number of anilines is 1. The molecular formula is C9H12N4O4. The monoisotopic (exact) mass is 240 g/mol. The van der Waals surface area contributed by atoms with Crippen LogP contribution >= 0.6 is 0 Å². The summed E-state index contributed by atoms with van der Waals surface area (Å²) in [6.07, 6.45) is -4.33. The van der Waals surface area contributed by atoms with E-state index in [1.165, 1.54) is 0 Å². The highest BCUT2D eigenvalue weighted by molar-refractivity contribution is 5.52. The summed E-state index contributed by atoms with van der Waals surface area (Å²) < 4.78 is 5.25. The van der Waals surface area contributed by atoms with Crippen LogP contribution in [0.3, 0.4) is 0 Å². The van der Waals surface area contributed by atoms with Gasteiger partial charge in [-0.05, 0) is 0 Å². The predicted molar refractivity (Wildman–Crippen MR) is 54.4 cm³/mol. The fraction of sp³-hybridized carbons (Fsp3) is 0.556.